The SMILES string of the molecule is C.CNCc1cccc2c1[C@@]1(CCc3cccc(C)c31)CC2.Cc1cccc2c1[C@]1(CC2)CCc2cccc(CN)c21. The van der Waals surface area contributed by atoms with Gasteiger partial charge in [0.25, 0.3) is 0 Å². The number of nitrogens with two attached hydrogens (primary N) is 1. The van der Waals surface area contributed by atoms with Crippen molar-refractivity contribution in [2.45, 2.75) is 96.6 Å². The molecule has 0 aromatic heterocycles. The van der Waals surface area contributed by atoms with E-state index in [0.29, 0.717) is 12.0 Å². The Bertz CT molecular complexity index is 1620. The van der Waals surface area contributed by atoms with Crippen LogP contribution >= 0.6 is 0 Å². The van der Waals surface area contributed by atoms with E-state index in [4.69, 9.17) is 5.73 Å². The third kappa shape index (κ3) is 4.21. The molecule has 4 aromatic carbocycles. The maximum absolute atomic E-state index is 6.03. The Morgan fingerprint density at radius 3 is 1.38 bits per heavy atom. The lowest BCUT2D eigenvalue weighted by molar-refractivity contribution is 0.500. The molecule has 218 valence electrons. The highest BCUT2D eigenvalue weighted by Crippen LogP contribution is 2.55. The highest BCUT2D eigenvalue weighted by Gasteiger charge is 2.47. The molecule has 0 radical (unpaired) electrons. The second kappa shape index (κ2) is 11.1. The van der Waals surface area contributed by atoms with Gasteiger partial charge in [-0.05, 0) is 139 Å². The second-order valence-corrected chi connectivity index (χ2v) is 13.0. The zero-order valence-electron chi connectivity index (χ0n) is 25.1. The van der Waals surface area contributed by atoms with E-state index in [0.717, 1.165) is 6.54 Å². The fourth-order valence-corrected chi connectivity index (χ4v) is 9.60. The number of benzene rings is 4. The first-order valence-electron chi connectivity index (χ1n) is 15.8. The van der Waals surface area contributed by atoms with E-state index < -0.39 is 0 Å². The molecule has 0 amide bonds. The lowest BCUT2D eigenvalue weighted by atomic mass is 9.73. The van der Waals surface area contributed by atoms with Gasteiger partial charge in [0.2, 0.25) is 0 Å². The minimum absolute atomic E-state index is 0. The molecule has 0 bridgehead atoms. The van der Waals surface area contributed by atoms with Crippen LogP contribution in [0.2, 0.25) is 0 Å². The Balaban J connectivity index is 0.000000147. The van der Waals surface area contributed by atoms with Crippen molar-refractivity contribution in [1.29, 1.82) is 0 Å². The number of hydrogen-bond acceptors (Lipinski definition) is 2. The number of rotatable bonds is 3. The lowest BCUT2D eigenvalue weighted by Crippen LogP contribution is -2.25. The first-order valence-corrected chi connectivity index (χ1v) is 15.8. The molecule has 42 heavy (non-hydrogen) atoms. The van der Waals surface area contributed by atoms with Crippen molar-refractivity contribution in [1.82, 2.24) is 5.32 Å². The molecular weight excluding hydrogens is 508 g/mol. The summed E-state index contributed by atoms with van der Waals surface area (Å²) in [6, 6.07) is 27.3. The Hall–Kier alpha value is -3.20. The molecule has 2 heteroatoms. The number of nitrogens with one attached hydrogen (secondary N) is 1. The predicted octanol–water partition coefficient (Wildman–Crippen LogP) is 8.16. The lowest BCUT2D eigenvalue weighted by Gasteiger charge is -2.30. The summed E-state index contributed by atoms with van der Waals surface area (Å²) in [5.74, 6) is 0. The van der Waals surface area contributed by atoms with E-state index in [1.54, 1.807) is 38.9 Å². The number of fused-ring (bicyclic) bond motifs is 8. The van der Waals surface area contributed by atoms with Crippen molar-refractivity contribution < 1.29 is 0 Å². The molecule has 0 saturated heterocycles. The number of hydrogen-bond donors (Lipinski definition) is 2. The topological polar surface area (TPSA) is 38.0 Å². The Morgan fingerprint density at radius 2 is 0.952 bits per heavy atom. The smallest absolute Gasteiger partial charge is 0.0220 e. The van der Waals surface area contributed by atoms with Crippen LogP contribution in [0.25, 0.3) is 0 Å². The van der Waals surface area contributed by atoms with Gasteiger partial charge in [-0.25, -0.2) is 0 Å². The summed E-state index contributed by atoms with van der Waals surface area (Å²) in [4.78, 5) is 0. The highest BCUT2D eigenvalue weighted by molar-refractivity contribution is 5.60. The molecular formula is C40H48N2. The Kier molecular flexibility index (Phi) is 7.66. The summed E-state index contributed by atoms with van der Waals surface area (Å²) in [5.41, 5.74) is 25.1. The van der Waals surface area contributed by atoms with Crippen LogP contribution in [0.5, 0.6) is 0 Å². The van der Waals surface area contributed by atoms with Gasteiger partial charge >= 0.3 is 0 Å². The van der Waals surface area contributed by atoms with Gasteiger partial charge < -0.3 is 11.1 Å². The first-order chi connectivity index (χ1) is 20.0. The van der Waals surface area contributed by atoms with Gasteiger partial charge in [0.15, 0.2) is 0 Å². The fraction of sp³-hybridized carbons (Fsp3) is 0.400. The van der Waals surface area contributed by atoms with Gasteiger partial charge in [0.1, 0.15) is 0 Å². The molecule has 2 spiro atoms. The molecule has 4 aliphatic rings. The molecule has 3 N–H and O–H groups in total. The zero-order valence-corrected chi connectivity index (χ0v) is 25.1. The summed E-state index contributed by atoms with van der Waals surface area (Å²) >= 11 is 0. The third-order valence-corrected chi connectivity index (χ3v) is 11.0. The first kappa shape index (κ1) is 28.9. The summed E-state index contributed by atoms with van der Waals surface area (Å²) in [7, 11) is 2.05. The van der Waals surface area contributed by atoms with Crippen molar-refractivity contribution in [3.63, 3.8) is 0 Å². The second-order valence-electron chi connectivity index (χ2n) is 13.0. The van der Waals surface area contributed by atoms with Crippen LogP contribution in [0.1, 0.15) is 99.9 Å². The minimum Gasteiger partial charge on any atom is -0.326 e. The molecule has 0 unspecified atom stereocenters. The van der Waals surface area contributed by atoms with Crippen molar-refractivity contribution >= 4 is 0 Å². The van der Waals surface area contributed by atoms with Crippen LogP contribution in [0.3, 0.4) is 0 Å². The Labute approximate surface area is 253 Å². The largest absolute Gasteiger partial charge is 0.326 e. The molecule has 2 nitrogen and oxygen atoms in total. The maximum atomic E-state index is 6.03. The van der Waals surface area contributed by atoms with Crippen LogP contribution in [-0.4, -0.2) is 7.05 Å². The van der Waals surface area contributed by atoms with Crippen molar-refractivity contribution in [3.8, 4) is 0 Å². The van der Waals surface area contributed by atoms with Gasteiger partial charge in [0.05, 0.1) is 0 Å². The fourth-order valence-electron chi connectivity index (χ4n) is 9.60. The standard InChI is InChI=1S/C20H23N.C19H21N.CH4/c1-14-5-3-6-15-9-11-20(18(14)15)12-10-16-7-4-8-17(13-21-2)19(16)20;1-13-4-2-5-14-8-10-19(17(13)14)11-9-15-6-3-7-16(12-20)18(15)19;/h3-8,21H,9-13H2,1-2H3;2-7H,8-12,20H2,1H3;1H4/t20-;19-;/m00./s1. The van der Waals surface area contributed by atoms with E-state index in [1.807, 2.05) is 0 Å². The van der Waals surface area contributed by atoms with Gasteiger partial charge in [-0.15, -0.1) is 0 Å². The summed E-state index contributed by atoms with van der Waals surface area (Å²) in [5, 5.41) is 3.36. The van der Waals surface area contributed by atoms with E-state index in [-0.39, 0.29) is 12.8 Å². The Morgan fingerprint density at radius 1 is 0.571 bits per heavy atom. The van der Waals surface area contributed by atoms with Crippen molar-refractivity contribution in [3.05, 3.63) is 140 Å². The molecule has 0 aliphatic heterocycles. The van der Waals surface area contributed by atoms with Crippen molar-refractivity contribution in [2.24, 2.45) is 5.73 Å². The van der Waals surface area contributed by atoms with Crippen LogP contribution < -0.4 is 11.1 Å². The summed E-state index contributed by atoms with van der Waals surface area (Å²) in [6.07, 6.45) is 10.0. The molecule has 2 atom stereocenters. The molecule has 4 aliphatic carbocycles. The molecule has 4 aromatic rings. The van der Waals surface area contributed by atoms with Crippen LogP contribution in [-0.2, 0) is 49.6 Å². The average Bonchev–Trinajstić information content (AvgIpc) is 3.76. The average molecular weight is 557 g/mol. The molecule has 0 fully saturated rings. The minimum atomic E-state index is 0. The predicted molar refractivity (Wildman–Crippen MR) is 177 cm³/mol. The quantitative estimate of drug-likeness (QED) is 0.267. The van der Waals surface area contributed by atoms with Crippen LogP contribution in [0, 0.1) is 13.8 Å². The van der Waals surface area contributed by atoms with E-state index in [2.05, 4.69) is 99.0 Å². The molecule has 0 heterocycles. The van der Waals surface area contributed by atoms with Crippen LogP contribution in [0.4, 0.5) is 0 Å². The van der Waals surface area contributed by atoms with Crippen molar-refractivity contribution in [2.75, 3.05) is 7.05 Å². The normalized spacial score (nSPS) is 22.3. The third-order valence-electron chi connectivity index (χ3n) is 11.0. The molecule has 8 rings (SSSR count). The highest BCUT2D eigenvalue weighted by atomic mass is 14.8. The van der Waals surface area contributed by atoms with E-state index in [9.17, 15) is 0 Å². The number of aryl methyl sites for hydroxylation is 6. The van der Waals surface area contributed by atoms with E-state index in [1.165, 1.54) is 79.2 Å². The molecule has 0 saturated carbocycles. The van der Waals surface area contributed by atoms with Crippen LogP contribution in [0.15, 0.2) is 72.8 Å². The van der Waals surface area contributed by atoms with Gasteiger partial charge in [-0.3, -0.25) is 0 Å². The maximum Gasteiger partial charge on any atom is 0.0220 e. The van der Waals surface area contributed by atoms with Gasteiger partial charge in [-0.2, -0.15) is 0 Å². The van der Waals surface area contributed by atoms with Gasteiger partial charge in [-0.1, -0.05) is 80.2 Å². The van der Waals surface area contributed by atoms with E-state index >= 15 is 0 Å². The summed E-state index contributed by atoms with van der Waals surface area (Å²) in [6.45, 7) is 6.21. The van der Waals surface area contributed by atoms with Gasteiger partial charge in [0, 0.05) is 23.9 Å². The monoisotopic (exact) mass is 556 g/mol. The zero-order chi connectivity index (χ0) is 28.2. The summed E-state index contributed by atoms with van der Waals surface area (Å²) < 4.78 is 0.